The van der Waals surface area contributed by atoms with Crippen LogP contribution in [0.4, 0.5) is 0 Å². The average Bonchev–Trinajstić information content (AvgIpc) is 2.66. The van der Waals surface area contributed by atoms with Crippen LogP contribution >= 0.6 is 0 Å². The summed E-state index contributed by atoms with van der Waals surface area (Å²) in [6.07, 6.45) is 2.82. The summed E-state index contributed by atoms with van der Waals surface area (Å²) in [5, 5.41) is 9.15. The number of hydrogen-bond donors (Lipinski definition) is 2. The molecule has 0 saturated carbocycles. The van der Waals surface area contributed by atoms with Crippen LogP contribution in [0.2, 0.25) is 0 Å². The molecule has 0 unspecified atom stereocenters. The van der Waals surface area contributed by atoms with Gasteiger partial charge in [0.15, 0.2) is 0 Å². The molecule has 1 aromatic heterocycles. The zero-order valence-electron chi connectivity index (χ0n) is 7.83. The molecule has 0 bridgehead atoms. The van der Waals surface area contributed by atoms with Crippen LogP contribution in [0.3, 0.4) is 0 Å². The van der Waals surface area contributed by atoms with Gasteiger partial charge in [-0.25, -0.2) is 0 Å². The molecule has 0 radical (unpaired) electrons. The minimum Gasteiger partial charge on any atom is -0.396 e. The second kappa shape index (κ2) is 5.38. The number of aliphatic hydroxyl groups excluding tert-OH is 1. The highest BCUT2D eigenvalue weighted by Gasteiger charge is 1.86. The van der Waals surface area contributed by atoms with Crippen molar-refractivity contribution in [1.29, 1.82) is 0 Å². The maximum absolute atomic E-state index is 7.88. The van der Waals surface area contributed by atoms with Crippen molar-refractivity contribution in [2.45, 2.75) is 13.3 Å². The van der Waals surface area contributed by atoms with E-state index >= 15 is 0 Å². The van der Waals surface area contributed by atoms with Gasteiger partial charge in [-0.2, -0.15) is 0 Å². The highest BCUT2D eigenvalue weighted by atomic mass is 16.2. The van der Waals surface area contributed by atoms with Crippen LogP contribution in [0.15, 0.2) is 36.5 Å². The molecule has 2 heteroatoms. The van der Waals surface area contributed by atoms with E-state index in [4.69, 9.17) is 5.11 Å². The average molecular weight is 177 g/mol. The summed E-state index contributed by atoms with van der Waals surface area (Å²) in [7, 11) is 0. The van der Waals surface area contributed by atoms with Gasteiger partial charge in [0.1, 0.15) is 0 Å². The Hall–Kier alpha value is -1.28. The minimum absolute atomic E-state index is 0.319. The Morgan fingerprint density at radius 2 is 1.92 bits per heavy atom. The fraction of sp³-hybridized carbons (Fsp3) is 0.273. The number of rotatable bonds is 1. The van der Waals surface area contributed by atoms with Crippen LogP contribution in [0.1, 0.15) is 13.3 Å². The van der Waals surface area contributed by atoms with E-state index in [1.165, 1.54) is 10.9 Å². The molecular weight excluding hydrogens is 162 g/mol. The molecular formula is C11H15NO. The second-order valence-corrected chi connectivity index (χ2v) is 2.79. The molecule has 0 saturated heterocycles. The van der Waals surface area contributed by atoms with Gasteiger partial charge in [-0.3, -0.25) is 0 Å². The molecule has 2 nitrogen and oxygen atoms in total. The Bertz CT molecular complexity index is 308. The molecule has 0 aliphatic carbocycles. The molecule has 13 heavy (non-hydrogen) atoms. The maximum Gasteiger partial charge on any atom is 0.0453 e. The van der Waals surface area contributed by atoms with Crippen molar-refractivity contribution in [3.05, 3.63) is 36.5 Å². The van der Waals surface area contributed by atoms with Gasteiger partial charge in [0.05, 0.1) is 0 Å². The zero-order chi connectivity index (χ0) is 9.52. The van der Waals surface area contributed by atoms with Gasteiger partial charge in [0.25, 0.3) is 0 Å². The van der Waals surface area contributed by atoms with E-state index in [0.29, 0.717) is 6.61 Å². The van der Waals surface area contributed by atoms with Gasteiger partial charge >= 0.3 is 0 Å². The van der Waals surface area contributed by atoms with Crippen LogP contribution in [-0.2, 0) is 0 Å². The Labute approximate surface area is 78.2 Å². The molecule has 0 fully saturated rings. The van der Waals surface area contributed by atoms with E-state index in [1.54, 1.807) is 0 Å². The van der Waals surface area contributed by atoms with Crippen molar-refractivity contribution >= 4 is 10.9 Å². The topological polar surface area (TPSA) is 36.0 Å². The first-order valence-corrected chi connectivity index (χ1v) is 4.51. The van der Waals surface area contributed by atoms with Crippen molar-refractivity contribution in [2.75, 3.05) is 6.61 Å². The highest BCUT2D eigenvalue weighted by Crippen LogP contribution is 2.09. The third-order valence-electron chi connectivity index (χ3n) is 1.69. The summed E-state index contributed by atoms with van der Waals surface area (Å²) in [4.78, 5) is 3.12. The Morgan fingerprint density at radius 1 is 1.23 bits per heavy atom. The molecule has 1 heterocycles. The lowest BCUT2D eigenvalue weighted by atomic mass is 10.3. The van der Waals surface area contributed by atoms with Gasteiger partial charge in [-0.05, 0) is 23.9 Å². The number of benzene rings is 1. The number of H-pyrrole nitrogens is 1. The van der Waals surface area contributed by atoms with Crippen LogP contribution in [-0.4, -0.2) is 16.7 Å². The van der Waals surface area contributed by atoms with Crippen LogP contribution in [0.5, 0.6) is 0 Å². The number of para-hydroxylation sites is 1. The number of aliphatic hydroxyl groups is 1. The largest absolute Gasteiger partial charge is 0.396 e. The fourth-order valence-corrected chi connectivity index (χ4v) is 0.995. The first kappa shape index (κ1) is 9.81. The first-order chi connectivity index (χ1) is 6.38. The maximum atomic E-state index is 7.88. The van der Waals surface area contributed by atoms with Crippen molar-refractivity contribution < 1.29 is 5.11 Å². The molecule has 2 rings (SSSR count). The molecule has 1 aromatic carbocycles. The van der Waals surface area contributed by atoms with E-state index in [9.17, 15) is 0 Å². The van der Waals surface area contributed by atoms with Crippen LogP contribution in [0.25, 0.3) is 10.9 Å². The molecule has 70 valence electrons. The second-order valence-electron chi connectivity index (χ2n) is 2.79. The van der Waals surface area contributed by atoms with Crippen LogP contribution < -0.4 is 0 Å². The van der Waals surface area contributed by atoms with Gasteiger partial charge in [0.2, 0.25) is 0 Å². The molecule has 2 aromatic rings. The Morgan fingerprint density at radius 3 is 2.54 bits per heavy atom. The quantitative estimate of drug-likeness (QED) is 0.690. The zero-order valence-corrected chi connectivity index (χ0v) is 7.83. The lowest BCUT2D eigenvalue weighted by Crippen LogP contribution is -1.69. The molecule has 0 aliphatic rings. The first-order valence-electron chi connectivity index (χ1n) is 4.51. The van der Waals surface area contributed by atoms with Gasteiger partial charge in [-0.15, -0.1) is 0 Å². The van der Waals surface area contributed by atoms with E-state index in [2.05, 4.69) is 23.2 Å². The van der Waals surface area contributed by atoms with Crippen molar-refractivity contribution in [3.8, 4) is 0 Å². The summed E-state index contributed by atoms with van der Waals surface area (Å²) in [5.41, 5.74) is 1.21. The lowest BCUT2D eigenvalue weighted by Gasteiger charge is -1.83. The van der Waals surface area contributed by atoms with Crippen molar-refractivity contribution in [3.63, 3.8) is 0 Å². The molecule has 0 aliphatic heterocycles. The lowest BCUT2D eigenvalue weighted by molar-refractivity contribution is 0.295. The fourth-order valence-electron chi connectivity index (χ4n) is 0.995. The molecule has 2 N–H and O–H groups in total. The summed E-state index contributed by atoms with van der Waals surface area (Å²) in [5.74, 6) is 0. The predicted molar refractivity (Wildman–Crippen MR) is 55.7 cm³/mol. The molecule has 0 atom stereocenters. The van der Waals surface area contributed by atoms with E-state index < -0.39 is 0 Å². The number of aromatic amines is 1. The third kappa shape index (κ3) is 2.92. The van der Waals surface area contributed by atoms with E-state index in [0.717, 1.165) is 6.42 Å². The van der Waals surface area contributed by atoms with Crippen molar-refractivity contribution in [2.24, 2.45) is 0 Å². The minimum atomic E-state index is 0.319. The van der Waals surface area contributed by atoms with E-state index in [-0.39, 0.29) is 0 Å². The summed E-state index contributed by atoms with van der Waals surface area (Å²) in [6, 6.07) is 10.3. The summed E-state index contributed by atoms with van der Waals surface area (Å²) < 4.78 is 0. The normalized spacial score (nSPS) is 9.38. The monoisotopic (exact) mass is 177 g/mol. The van der Waals surface area contributed by atoms with Gasteiger partial charge < -0.3 is 10.1 Å². The standard InChI is InChI=1S/C8H7N.C3H8O/c1-2-4-8-7(3-1)5-6-9-8;1-2-3-4/h1-6,9H;4H,2-3H2,1H3. The predicted octanol–water partition coefficient (Wildman–Crippen LogP) is 2.56. The number of aromatic nitrogens is 1. The number of nitrogens with one attached hydrogen (secondary N) is 1. The SMILES string of the molecule is CCCO.c1ccc2[nH]ccc2c1. The molecule has 0 amide bonds. The van der Waals surface area contributed by atoms with Crippen molar-refractivity contribution in [1.82, 2.24) is 4.98 Å². The Balaban J connectivity index is 0.000000184. The molecule has 0 spiro atoms. The third-order valence-corrected chi connectivity index (χ3v) is 1.69. The number of hydrogen-bond acceptors (Lipinski definition) is 1. The number of fused-ring (bicyclic) bond motifs is 1. The van der Waals surface area contributed by atoms with E-state index in [1.807, 2.05) is 25.3 Å². The summed E-state index contributed by atoms with van der Waals surface area (Å²) >= 11 is 0. The highest BCUT2D eigenvalue weighted by molar-refractivity contribution is 5.78. The summed E-state index contributed by atoms with van der Waals surface area (Å²) in [6.45, 7) is 2.25. The van der Waals surface area contributed by atoms with Crippen LogP contribution in [0, 0.1) is 0 Å². The smallest absolute Gasteiger partial charge is 0.0453 e. The van der Waals surface area contributed by atoms with Gasteiger partial charge in [0, 0.05) is 18.3 Å². The van der Waals surface area contributed by atoms with Gasteiger partial charge in [-0.1, -0.05) is 25.1 Å². The Kier molecular flexibility index (Phi) is 4.06.